The van der Waals surface area contributed by atoms with E-state index < -0.39 is 12.0 Å². The number of carbonyl (C=O) groups excluding carboxylic acids is 1. The third-order valence-electron chi connectivity index (χ3n) is 3.02. The first-order chi connectivity index (χ1) is 8.56. The van der Waals surface area contributed by atoms with Crippen LogP contribution < -0.4 is 4.90 Å². The Morgan fingerprint density at radius 2 is 2.17 bits per heavy atom. The van der Waals surface area contributed by atoms with Crippen LogP contribution >= 0.6 is 11.8 Å². The fraction of sp³-hybridized carbons (Fsp3) is 0.385. The monoisotopic (exact) mass is 265 g/mol. The van der Waals surface area contributed by atoms with Crippen LogP contribution in [-0.2, 0) is 9.59 Å². The molecule has 0 fully saturated rings. The molecule has 18 heavy (non-hydrogen) atoms. The Balaban J connectivity index is 2.48. The van der Waals surface area contributed by atoms with Crippen molar-refractivity contribution in [1.29, 1.82) is 0 Å². The average Bonchev–Trinajstić information content (AvgIpc) is 2.37. The topological polar surface area (TPSA) is 57.6 Å². The standard InChI is InChI=1S/C13H15NO3S/c1-3-10-12(15)14(8(2)13(16)17)9-6-4-5-7-11(9)18-10/h4-8,10H,3H2,1-2H3,(H,16,17). The number of hydrogen-bond acceptors (Lipinski definition) is 3. The zero-order chi connectivity index (χ0) is 13.3. The molecule has 1 amide bonds. The normalized spacial score (nSPS) is 20.4. The molecule has 4 nitrogen and oxygen atoms in total. The van der Waals surface area contributed by atoms with E-state index in [1.54, 1.807) is 13.0 Å². The number of aliphatic carboxylic acids is 1. The number of rotatable bonds is 3. The molecule has 0 saturated carbocycles. The zero-order valence-electron chi connectivity index (χ0n) is 10.3. The number of carbonyl (C=O) groups is 2. The molecule has 2 atom stereocenters. The number of fused-ring (bicyclic) bond motifs is 1. The van der Waals surface area contributed by atoms with Crippen LogP contribution in [0.3, 0.4) is 0 Å². The van der Waals surface area contributed by atoms with Gasteiger partial charge >= 0.3 is 5.97 Å². The fourth-order valence-electron chi connectivity index (χ4n) is 2.00. The first-order valence-corrected chi connectivity index (χ1v) is 6.75. The van der Waals surface area contributed by atoms with E-state index in [0.717, 1.165) is 4.90 Å². The lowest BCUT2D eigenvalue weighted by Crippen LogP contribution is -2.49. The van der Waals surface area contributed by atoms with Gasteiger partial charge in [-0.15, -0.1) is 11.8 Å². The first-order valence-electron chi connectivity index (χ1n) is 5.87. The number of amides is 1. The minimum absolute atomic E-state index is 0.115. The molecule has 1 N–H and O–H groups in total. The van der Waals surface area contributed by atoms with Crippen LogP contribution in [0.2, 0.25) is 0 Å². The summed E-state index contributed by atoms with van der Waals surface area (Å²) < 4.78 is 0. The SMILES string of the molecule is CCC1Sc2ccccc2N(C(C)C(=O)O)C1=O. The molecule has 5 heteroatoms. The van der Waals surface area contributed by atoms with E-state index >= 15 is 0 Å². The highest BCUT2D eigenvalue weighted by Gasteiger charge is 2.37. The summed E-state index contributed by atoms with van der Waals surface area (Å²) in [7, 11) is 0. The molecule has 0 bridgehead atoms. The summed E-state index contributed by atoms with van der Waals surface area (Å²) in [6.07, 6.45) is 0.695. The quantitative estimate of drug-likeness (QED) is 0.911. The third-order valence-corrected chi connectivity index (χ3v) is 4.44. The predicted molar refractivity (Wildman–Crippen MR) is 71.0 cm³/mol. The maximum Gasteiger partial charge on any atom is 0.326 e. The number of para-hydroxylation sites is 1. The molecule has 1 aromatic rings. The lowest BCUT2D eigenvalue weighted by Gasteiger charge is -2.35. The molecular weight excluding hydrogens is 250 g/mol. The molecule has 1 aromatic carbocycles. The molecule has 96 valence electrons. The van der Waals surface area contributed by atoms with Gasteiger partial charge in [-0.3, -0.25) is 9.69 Å². The summed E-state index contributed by atoms with van der Waals surface area (Å²) in [5.41, 5.74) is 0.701. The van der Waals surface area contributed by atoms with E-state index in [1.807, 2.05) is 25.1 Å². The van der Waals surface area contributed by atoms with Crippen molar-refractivity contribution < 1.29 is 14.7 Å². The second kappa shape index (κ2) is 5.02. The lowest BCUT2D eigenvalue weighted by atomic mass is 10.1. The van der Waals surface area contributed by atoms with E-state index in [9.17, 15) is 9.59 Å². The van der Waals surface area contributed by atoms with Gasteiger partial charge in [0.25, 0.3) is 0 Å². The van der Waals surface area contributed by atoms with Crippen molar-refractivity contribution in [2.45, 2.75) is 36.5 Å². The van der Waals surface area contributed by atoms with Crippen molar-refractivity contribution in [2.75, 3.05) is 4.90 Å². The minimum Gasteiger partial charge on any atom is -0.480 e. The molecule has 0 aliphatic carbocycles. The van der Waals surface area contributed by atoms with Crippen LogP contribution in [0, 0.1) is 0 Å². The third kappa shape index (κ3) is 2.10. The van der Waals surface area contributed by atoms with Gasteiger partial charge in [-0.2, -0.15) is 0 Å². The van der Waals surface area contributed by atoms with Gasteiger partial charge in [0.2, 0.25) is 5.91 Å². The van der Waals surface area contributed by atoms with Gasteiger partial charge < -0.3 is 5.11 Å². The molecule has 1 aliphatic rings. The molecule has 0 aromatic heterocycles. The van der Waals surface area contributed by atoms with E-state index in [1.165, 1.54) is 16.7 Å². The van der Waals surface area contributed by atoms with Crippen molar-refractivity contribution in [3.8, 4) is 0 Å². The number of thioether (sulfide) groups is 1. The van der Waals surface area contributed by atoms with Crippen LogP contribution in [0.1, 0.15) is 20.3 Å². The van der Waals surface area contributed by atoms with Crippen LogP contribution in [0.5, 0.6) is 0 Å². The van der Waals surface area contributed by atoms with Crippen LogP contribution in [0.25, 0.3) is 0 Å². The molecular formula is C13H15NO3S. The lowest BCUT2D eigenvalue weighted by molar-refractivity contribution is -0.139. The van der Waals surface area contributed by atoms with Gasteiger partial charge in [0.05, 0.1) is 10.9 Å². The highest BCUT2D eigenvalue weighted by molar-refractivity contribution is 8.01. The van der Waals surface area contributed by atoms with E-state index in [-0.39, 0.29) is 11.2 Å². The second-order valence-corrected chi connectivity index (χ2v) is 5.45. The van der Waals surface area contributed by atoms with Gasteiger partial charge in [0.1, 0.15) is 6.04 Å². The fourth-order valence-corrected chi connectivity index (χ4v) is 3.13. The number of nitrogens with zero attached hydrogens (tertiary/aromatic N) is 1. The molecule has 2 rings (SSSR count). The Morgan fingerprint density at radius 1 is 1.50 bits per heavy atom. The average molecular weight is 265 g/mol. The van der Waals surface area contributed by atoms with E-state index in [0.29, 0.717) is 12.1 Å². The van der Waals surface area contributed by atoms with Gasteiger partial charge in [0, 0.05) is 4.90 Å². The number of carboxylic acids is 1. The van der Waals surface area contributed by atoms with Crippen LogP contribution in [0.4, 0.5) is 5.69 Å². The summed E-state index contributed by atoms with van der Waals surface area (Å²) in [4.78, 5) is 25.8. The molecule has 2 unspecified atom stereocenters. The summed E-state index contributed by atoms with van der Waals surface area (Å²) in [5.74, 6) is -1.10. The van der Waals surface area contributed by atoms with Gasteiger partial charge in [-0.25, -0.2) is 4.79 Å². The summed E-state index contributed by atoms with van der Waals surface area (Å²) >= 11 is 1.51. The van der Waals surface area contributed by atoms with E-state index in [2.05, 4.69) is 0 Å². The highest BCUT2D eigenvalue weighted by atomic mass is 32.2. The molecule has 0 spiro atoms. The van der Waals surface area contributed by atoms with Gasteiger partial charge in [0.15, 0.2) is 0 Å². The molecule has 1 heterocycles. The number of anilines is 1. The van der Waals surface area contributed by atoms with Crippen molar-refractivity contribution >= 4 is 29.3 Å². The maximum atomic E-state index is 12.3. The largest absolute Gasteiger partial charge is 0.480 e. The maximum absolute atomic E-state index is 12.3. The smallest absolute Gasteiger partial charge is 0.326 e. The van der Waals surface area contributed by atoms with Gasteiger partial charge in [-0.05, 0) is 25.5 Å². The molecule has 0 radical (unpaired) electrons. The van der Waals surface area contributed by atoms with Crippen molar-refractivity contribution in [3.63, 3.8) is 0 Å². The zero-order valence-corrected chi connectivity index (χ0v) is 11.1. The van der Waals surface area contributed by atoms with Crippen LogP contribution in [-0.4, -0.2) is 28.3 Å². The molecule has 1 aliphatic heterocycles. The Kier molecular flexibility index (Phi) is 3.61. The van der Waals surface area contributed by atoms with Crippen molar-refractivity contribution in [2.24, 2.45) is 0 Å². The number of benzene rings is 1. The van der Waals surface area contributed by atoms with Crippen molar-refractivity contribution in [1.82, 2.24) is 0 Å². The summed E-state index contributed by atoms with van der Waals surface area (Å²) in [5, 5.41) is 8.94. The minimum atomic E-state index is -0.986. The Hall–Kier alpha value is -1.49. The number of hydrogen-bond donors (Lipinski definition) is 1. The Bertz CT molecular complexity index is 489. The van der Waals surface area contributed by atoms with E-state index in [4.69, 9.17) is 5.11 Å². The molecule has 0 saturated heterocycles. The Labute approximate surface area is 110 Å². The number of carboxylic acid groups (broad SMARTS) is 1. The Morgan fingerprint density at radius 3 is 2.78 bits per heavy atom. The van der Waals surface area contributed by atoms with Crippen molar-refractivity contribution in [3.05, 3.63) is 24.3 Å². The summed E-state index contributed by atoms with van der Waals surface area (Å²) in [6, 6.07) is 6.61. The highest BCUT2D eigenvalue weighted by Crippen LogP contribution is 2.40. The van der Waals surface area contributed by atoms with Gasteiger partial charge in [-0.1, -0.05) is 19.1 Å². The predicted octanol–water partition coefficient (Wildman–Crippen LogP) is 2.38. The van der Waals surface area contributed by atoms with Crippen LogP contribution in [0.15, 0.2) is 29.2 Å². The first kappa shape index (κ1) is 13.0. The second-order valence-electron chi connectivity index (χ2n) is 4.20. The summed E-state index contributed by atoms with van der Waals surface area (Å²) in [6.45, 7) is 3.48.